The second-order valence-corrected chi connectivity index (χ2v) is 5.21. The minimum atomic E-state index is 0.559. The van der Waals surface area contributed by atoms with Crippen molar-refractivity contribution in [2.24, 2.45) is 0 Å². The van der Waals surface area contributed by atoms with Crippen molar-refractivity contribution in [1.82, 2.24) is 4.98 Å². The van der Waals surface area contributed by atoms with E-state index in [0.717, 1.165) is 12.8 Å². The molecule has 0 amide bonds. The zero-order valence-electron chi connectivity index (χ0n) is 9.02. The van der Waals surface area contributed by atoms with Gasteiger partial charge in [0.15, 0.2) is 5.13 Å². The fourth-order valence-electron chi connectivity index (χ4n) is 2.44. The molecule has 1 unspecified atom stereocenters. The lowest BCUT2D eigenvalue weighted by Gasteiger charge is -2.23. The van der Waals surface area contributed by atoms with Crippen LogP contribution in [0.15, 0.2) is 29.6 Å². The Morgan fingerprint density at radius 1 is 1.25 bits per heavy atom. The fraction of sp³-hybridized carbons (Fsp3) is 0.308. The van der Waals surface area contributed by atoms with Gasteiger partial charge in [-0.05, 0) is 30.4 Å². The van der Waals surface area contributed by atoms with Crippen molar-refractivity contribution in [2.75, 3.05) is 5.73 Å². The predicted octanol–water partition coefficient (Wildman–Crippen LogP) is 3.00. The zero-order chi connectivity index (χ0) is 11.0. The van der Waals surface area contributed by atoms with E-state index in [2.05, 4.69) is 34.6 Å². The number of anilines is 1. The summed E-state index contributed by atoms with van der Waals surface area (Å²) in [5, 5.41) is 2.79. The molecule has 0 bridgehead atoms. The molecule has 1 heterocycles. The lowest BCUT2D eigenvalue weighted by atomic mass is 9.82. The van der Waals surface area contributed by atoms with E-state index in [-0.39, 0.29) is 0 Å². The van der Waals surface area contributed by atoms with Crippen molar-refractivity contribution in [3.63, 3.8) is 0 Å². The maximum absolute atomic E-state index is 5.69. The van der Waals surface area contributed by atoms with Crippen molar-refractivity contribution in [3.8, 4) is 0 Å². The second kappa shape index (κ2) is 3.91. The van der Waals surface area contributed by atoms with E-state index in [0.29, 0.717) is 11.0 Å². The standard InChI is InChI=1S/C13H14N2S/c14-13-15-12(8-16-13)11-6-5-9-3-1-2-4-10(9)7-11/h1-4,8,11H,5-7H2,(H2,14,15). The van der Waals surface area contributed by atoms with Gasteiger partial charge in [-0.3, -0.25) is 0 Å². The van der Waals surface area contributed by atoms with Crippen LogP contribution >= 0.6 is 11.3 Å². The Balaban J connectivity index is 1.88. The van der Waals surface area contributed by atoms with Gasteiger partial charge in [0.2, 0.25) is 0 Å². The number of thiazole rings is 1. The molecule has 1 aliphatic rings. The minimum absolute atomic E-state index is 0.559. The highest BCUT2D eigenvalue weighted by molar-refractivity contribution is 7.13. The largest absolute Gasteiger partial charge is 0.375 e. The van der Waals surface area contributed by atoms with Gasteiger partial charge >= 0.3 is 0 Å². The molecule has 16 heavy (non-hydrogen) atoms. The van der Waals surface area contributed by atoms with E-state index in [1.807, 2.05) is 0 Å². The predicted molar refractivity (Wildman–Crippen MR) is 67.7 cm³/mol. The molecule has 0 fully saturated rings. The molecule has 1 aromatic heterocycles. The van der Waals surface area contributed by atoms with E-state index in [1.54, 1.807) is 11.3 Å². The van der Waals surface area contributed by atoms with Gasteiger partial charge in [-0.25, -0.2) is 4.98 Å². The van der Waals surface area contributed by atoms with Crippen molar-refractivity contribution < 1.29 is 0 Å². The average Bonchev–Trinajstić information content (AvgIpc) is 2.75. The van der Waals surface area contributed by atoms with Gasteiger partial charge in [-0.15, -0.1) is 11.3 Å². The average molecular weight is 230 g/mol. The van der Waals surface area contributed by atoms with Crippen LogP contribution in [-0.4, -0.2) is 4.98 Å². The summed E-state index contributed by atoms with van der Waals surface area (Å²) >= 11 is 1.55. The zero-order valence-corrected chi connectivity index (χ0v) is 9.83. The fourth-order valence-corrected chi connectivity index (χ4v) is 3.08. The number of fused-ring (bicyclic) bond motifs is 1. The molecule has 0 saturated carbocycles. The van der Waals surface area contributed by atoms with E-state index in [4.69, 9.17) is 5.73 Å². The third kappa shape index (κ3) is 1.71. The molecule has 0 aliphatic heterocycles. The highest BCUT2D eigenvalue weighted by atomic mass is 32.1. The Morgan fingerprint density at radius 2 is 2.06 bits per heavy atom. The maximum atomic E-state index is 5.69. The van der Waals surface area contributed by atoms with Crippen molar-refractivity contribution >= 4 is 16.5 Å². The molecule has 0 saturated heterocycles. The quantitative estimate of drug-likeness (QED) is 0.818. The van der Waals surface area contributed by atoms with Crippen molar-refractivity contribution in [2.45, 2.75) is 25.2 Å². The first-order chi connectivity index (χ1) is 7.83. The Hall–Kier alpha value is -1.35. The molecular formula is C13H14N2S. The highest BCUT2D eigenvalue weighted by Gasteiger charge is 2.21. The third-order valence-electron chi connectivity index (χ3n) is 3.30. The Morgan fingerprint density at radius 3 is 2.81 bits per heavy atom. The summed E-state index contributed by atoms with van der Waals surface area (Å²) in [5.74, 6) is 0.559. The van der Waals surface area contributed by atoms with Crippen molar-refractivity contribution in [1.29, 1.82) is 0 Å². The molecule has 3 rings (SSSR count). The summed E-state index contributed by atoms with van der Waals surface area (Å²) in [6, 6.07) is 8.72. The molecule has 1 atom stereocenters. The van der Waals surface area contributed by atoms with Crippen LogP contribution < -0.4 is 5.73 Å². The Kier molecular flexibility index (Phi) is 2.40. The van der Waals surface area contributed by atoms with E-state index in [1.165, 1.54) is 23.2 Å². The summed E-state index contributed by atoms with van der Waals surface area (Å²) in [6.45, 7) is 0. The molecule has 1 aliphatic carbocycles. The number of nitrogen functional groups attached to an aromatic ring is 1. The summed E-state index contributed by atoms with van der Waals surface area (Å²) < 4.78 is 0. The van der Waals surface area contributed by atoms with Gasteiger partial charge in [0.25, 0.3) is 0 Å². The molecule has 2 aromatic rings. The molecule has 0 spiro atoms. The molecule has 2 N–H and O–H groups in total. The van der Waals surface area contributed by atoms with Gasteiger partial charge < -0.3 is 5.73 Å². The normalized spacial score (nSPS) is 19.4. The van der Waals surface area contributed by atoms with Crippen LogP contribution in [0.2, 0.25) is 0 Å². The van der Waals surface area contributed by atoms with Crippen LogP contribution in [0.25, 0.3) is 0 Å². The molecule has 3 heteroatoms. The number of nitrogens with two attached hydrogens (primary N) is 1. The monoisotopic (exact) mass is 230 g/mol. The number of rotatable bonds is 1. The minimum Gasteiger partial charge on any atom is -0.375 e. The smallest absolute Gasteiger partial charge is 0.180 e. The summed E-state index contributed by atoms with van der Waals surface area (Å²) in [4.78, 5) is 4.40. The number of aryl methyl sites for hydroxylation is 1. The summed E-state index contributed by atoms with van der Waals surface area (Å²) in [5.41, 5.74) is 9.84. The molecule has 82 valence electrons. The molecular weight excluding hydrogens is 216 g/mol. The van der Waals surface area contributed by atoms with Gasteiger partial charge in [0.05, 0.1) is 5.69 Å². The van der Waals surface area contributed by atoms with Gasteiger partial charge in [-0.1, -0.05) is 24.3 Å². The first-order valence-electron chi connectivity index (χ1n) is 5.60. The van der Waals surface area contributed by atoms with Crippen molar-refractivity contribution in [3.05, 3.63) is 46.5 Å². The third-order valence-corrected chi connectivity index (χ3v) is 4.00. The number of nitrogens with zero attached hydrogens (tertiary/aromatic N) is 1. The van der Waals surface area contributed by atoms with Crippen LogP contribution in [0.1, 0.15) is 29.2 Å². The number of hydrogen-bond donors (Lipinski definition) is 1. The maximum Gasteiger partial charge on any atom is 0.180 e. The van der Waals surface area contributed by atoms with Gasteiger partial charge in [-0.2, -0.15) is 0 Å². The molecule has 0 radical (unpaired) electrons. The van der Waals surface area contributed by atoms with E-state index < -0.39 is 0 Å². The summed E-state index contributed by atoms with van der Waals surface area (Å²) in [7, 11) is 0. The summed E-state index contributed by atoms with van der Waals surface area (Å²) in [6.07, 6.45) is 3.47. The van der Waals surface area contributed by atoms with Crippen LogP contribution in [0.3, 0.4) is 0 Å². The van der Waals surface area contributed by atoms with Gasteiger partial charge in [0.1, 0.15) is 0 Å². The lowest BCUT2D eigenvalue weighted by Crippen LogP contribution is -2.12. The first kappa shape index (κ1) is 9.85. The number of aromatic nitrogens is 1. The van der Waals surface area contributed by atoms with Crippen LogP contribution in [0, 0.1) is 0 Å². The topological polar surface area (TPSA) is 38.9 Å². The highest BCUT2D eigenvalue weighted by Crippen LogP contribution is 2.33. The van der Waals surface area contributed by atoms with Crippen LogP contribution in [0.5, 0.6) is 0 Å². The van der Waals surface area contributed by atoms with Gasteiger partial charge in [0, 0.05) is 11.3 Å². The van der Waals surface area contributed by atoms with Crippen LogP contribution in [-0.2, 0) is 12.8 Å². The van der Waals surface area contributed by atoms with E-state index >= 15 is 0 Å². The van der Waals surface area contributed by atoms with E-state index in [9.17, 15) is 0 Å². The molecule has 2 nitrogen and oxygen atoms in total. The molecule has 1 aromatic carbocycles. The Bertz CT molecular complexity index is 504. The lowest BCUT2D eigenvalue weighted by molar-refractivity contribution is 0.574. The second-order valence-electron chi connectivity index (χ2n) is 4.32. The SMILES string of the molecule is Nc1nc(C2CCc3ccccc3C2)cs1. The Labute approximate surface area is 99.1 Å². The van der Waals surface area contributed by atoms with Crippen LogP contribution in [0.4, 0.5) is 5.13 Å². The number of benzene rings is 1. The first-order valence-corrected chi connectivity index (χ1v) is 6.48. The number of hydrogen-bond acceptors (Lipinski definition) is 3.